The van der Waals surface area contributed by atoms with Gasteiger partial charge in [-0.25, -0.2) is 0 Å². The van der Waals surface area contributed by atoms with Gasteiger partial charge in [-0.2, -0.15) is 0 Å². The fourth-order valence-corrected chi connectivity index (χ4v) is 1.30. The zero-order valence-corrected chi connectivity index (χ0v) is 9.38. The number of carbonyl (C=O) groups excluding carboxylic acids is 1. The Morgan fingerprint density at radius 2 is 2.24 bits per heavy atom. The van der Waals surface area contributed by atoms with Crippen LogP contribution in [0.2, 0.25) is 0 Å². The minimum atomic E-state index is -0.615. The van der Waals surface area contributed by atoms with Gasteiger partial charge in [0, 0.05) is 13.0 Å². The lowest BCUT2D eigenvalue weighted by molar-refractivity contribution is -0.385. The normalized spacial score (nSPS) is 10.0. The van der Waals surface area contributed by atoms with Crippen LogP contribution in [-0.2, 0) is 0 Å². The molecule has 0 amide bonds. The average molecular weight is 239 g/mol. The van der Waals surface area contributed by atoms with Gasteiger partial charge in [0.1, 0.15) is 5.75 Å². The molecule has 0 bridgehead atoms. The van der Waals surface area contributed by atoms with E-state index in [0.717, 1.165) is 0 Å². The molecule has 92 valence electrons. The van der Waals surface area contributed by atoms with Gasteiger partial charge in [-0.3, -0.25) is 14.9 Å². The summed E-state index contributed by atoms with van der Waals surface area (Å²) in [6, 6.07) is 4.09. The maximum absolute atomic E-state index is 11.2. The van der Waals surface area contributed by atoms with Gasteiger partial charge in [-0.15, -0.1) is 0 Å². The maximum atomic E-state index is 11.2. The number of ketones is 1. The van der Waals surface area contributed by atoms with Crippen molar-refractivity contribution in [3.05, 3.63) is 33.9 Å². The average Bonchev–Trinajstić information content (AvgIpc) is 2.29. The van der Waals surface area contributed by atoms with Gasteiger partial charge in [0.05, 0.1) is 23.2 Å². The van der Waals surface area contributed by atoms with Crippen LogP contribution in [-0.4, -0.2) is 29.0 Å². The summed E-state index contributed by atoms with van der Waals surface area (Å²) in [4.78, 5) is 21.3. The van der Waals surface area contributed by atoms with Gasteiger partial charge in [-0.05, 0) is 19.1 Å². The lowest BCUT2D eigenvalue weighted by atomic mass is 10.1. The molecular formula is C11H13NO5. The van der Waals surface area contributed by atoms with E-state index in [9.17, 15) is 14.9 Å². The molecule has 0 atom stereocenters. The molecule has 1 rings (SSSR count). The van der Waals surface area contributed by atoms with Crippen molar-refractivity contribution in [2.75, 3.05) is 13.2 Å². The lowest BCUT2D eigenvalue weighted by Crippen LogP contribution is -2.03. The van der Waals surface area contributed by atoms with E-state index in [1.807, 2.05) is 0 Å². The highest BCUT2D eigenvalue weighted by molar-refractivity contribution is 5.98. The Bertz CT molecular complexity index is 430. The number of nitrogens with zero attached hydrogens (tertiary/aromatic N) is 1. The van der Waals surface area contributed by atoms with Crippen LogP contribution in [0.3, 0.4) is 0 Å². The van der Waals surface area contributed by atoms with Gasteiger partial charge < -0.3 is 9.84 Å². The Morgan fingerprint density at radius 1 is 1.53 bits per heavy atom. The van der Waals surface area contributed by atoms with Gasteiger partial charge >= 0.3 is 0 Å². The van der Waals surface area contributed by atoms with Crippen LogP contribution < -0.4 is 4.74 Å². The first-order valence-corrected chi connectivity index (χ1v) is 5.09. The van der Waals surface area contributed by atoms with E-state index in [2.05, 4.69) is 0 Å². The highest BCUT2D eigenvalue weighted by Gasteiger charge is 2.18. The lowest BCUT2D eigenvalue weighted by Gasteiger charge is -2.06. The number of hydrogen-bond donors (Lipinski definition) is 1. The summed E-state index contributed by atoms with van der Waals surface area (Å²) in [5.74, 6) is -0.0474. The molecule has 1 N–H and O–H groups in total. The third kappa shape index (κ3) is 3.53. The number of rotatable bonds is 6. The van der Waals surface area contributed by atoms with E-state index in [1.165, 1.54) is 25.1 Å². The molecule has 0 aliphatic carbocycles. The summed E-state index contributed by atoms with van der Waals surface area (Å²) in [5, 5.41) is 19.3. The molecule has 6 nitrogen and oxygen atoms in total. The zero-order chi connectivity index (χ0) is 12.8. The van der Waals surface area contributed by atoms with Crippen LogP contribution in [0.5, 0.6) is 5.75 Å². The van der Waals surface area contributed by atoms with E-state index >= 15 is 0 Å². The molecule has 0 fully saturated rings. The maximum Gasteiger partial charge on any atom is 0.283 e. The summed E-state index contributed by atoms with van der Waals surface area (Å²) in [5.41, 5.74) is -0.205. The monoisotopic (exact) mass is 239 g/mol. The van der Waals surface area contributed by atoms with Crippen LogP contribution in [0.4, 0.5) is 5.69 Å². The first-order chi connectivity index (χ1) is 8.06. The number of aliphatic hydroxyl groups excluding tert-OH is 1. The zero-order valence-electron chi connectivity index (χ0n) is 9.38. The van der Waals surface area contributed by atoms with Gasteiger partial charge in [0.15, 0.2) is 5.78 Å². The Balaban J connectivity index is 2.94. The molecule has 1 aromatic carbocycles. The van der Waals surface area contributed by atoms with E-state index < -0.39 is 4.92 Å². The first-order valence-electron chi connectivity index (χ1n) is 5.09. The highest BCUT2D eigenvalue weighted by atomic mass is 16.6. The molecule has 1 aromatic rings. The predicted octanol–water partition coefficient (Wildman–Crippen LogP) is 1.56. The standard InChI is InChI=1S/C11H13NO5/c1-8(14)10-4-3-9(17-6-2-5-13)7-11(10)12(15)16/h3-4,7,13H,2,5-6H2,1H3. The Hall–Kier alpha value is -1.95. The van der Waals surface area contributed by atoms with Crippen molar-refractivity contribution >= 4 is 11.5 Å². The highest BCUT2D eigenvalue weighted by Crippen LogP contribution is 2.25. The second-order valence-corrected chi connectivity index (χ2v) is 3.42. The van der Waals surface area contributed by atoms with Crippen LogP contribution >= 0.6 is 0 Å². The molecule has 0 aliphatic heterocycles. The van der Waals surface area contributed by atoms with E-state index in [1.54, 1.807) is 0 Å². The molecule has 0 unspecified atom stereocenters. The minimum Gasteiger partial charge on any atom is -0.493 e. The van der Waals surface area contributed by atoms with Crippen LogP contribution in [0.15, 0.2) is 18.2 Å². The van der Waals surface area contributed by atoms with Gasteiger partial charge in [-0.1, -0.05) is 0 Å². The van der Waals surface area contributed by atoms with Crippen LogP contribution in [0.25, 0.3) is 0 Å². The summed E-state index contributed by atoms with van der Waals surface area (Å²) in [7, 11) is 0. The largest absolute Gasteiger partial charge is 0.493 e. The molecule has 0 saturated heterocycles. The van der Waals surface area contributed by atoms with E-state index in [4.69, 9.17) is 9.84 Å². The van der Waals surface area contributed by atoms with Crippen molar-refractivity contribution in [1.82, 2.24) is 0 Å². The fourth-order valence-electron chi connectivity index (χ4n) is 1.30. The Morgan fingerprint density at radius 3 is 2.76 bits per heavy atom. The van der Waals surface area contributed by atoms with Gasteiger partial charge in [0.25, 0.3) is 5.69 Å². The van der Waals surface area contributed by atoms with E-state index in [0.29, 0.717) is 12.2 Å². The number of nitro groups is 1. The Kier molecular flexibility index (Phi) is 4.59. The molecule has 0 spiro atoms. The minimum absolute atomic E-state index is 0.00633. The number of aliphatic hydroxyl groups is 1. The first kappa shape index (κ1) is 13.1. The van der Waals surface area contributed by atoms with E-state index in [-0.39, 0.29) is 30.2 Å². The topological polar surface area (TPSA) is 89.7 Å². The molecule has 17 heavy (non-hydrogen) atoms. The van der Waals surface area contributed by atoms with Crippen molar-refractivity contribution in [3.63, 3.8) is 0 Å². The quantitative estimate of drug-likeness (QED) is 0.352. The molecule has 6 heteroatoms. The summed E-state index contributed by atoms with van der Waals surface area (Å²) < 4.78 is 5.20. The molecule has 0 aromatic heterocycles. The van der Waals surface area contributed by atoms with Crippen LogP contribution in [0.1, 0.15) is 23.7 Å². The SMILES string of the molecule is CC(=O)c1ccc(OCCCO)cc1[N+](=O)[O-]. The second kappa shape index (κ2) is 5.95. The van der Waals surface area contributed by atoms with Crippen LogP contribution in [0, 0.1) is 10.1 Å². The van der Waals surface area contributed by atoms with Gasteiger partial charge in [0.2, 0.25) is 0 Å². The summed E-state index contributed by atoms with van der Waals surface area (Å²) in [6.45, 7) is 1.54. The molecule has 0 aliphatic rings. The number of hydrogen-bond acceptors (Lipinski definition) is 5. The molecule has 0 saturated carbocycles. The summed E-state index contributed by atoms with van der Waals surface area (Å²) in [6.07, 6.45) is 0.447. The predicted molar refractivity (Wildman–Crippen MR) is 60.3 cm³/mol. The van der Waals surface area contributed by atoms with Crippen molar-refractivity contribution in [2.45, 2.75) is 13.3 Å². The Labute approximate surface area is 98.0 Å². The molecule has 0 radical (unpaired) electrons. The van der Waals surface area contributed by atoms with Crippen molar-refractivity contribution < 1.29 is 19.6 Å². The number of ether oxygens (including phenoxy) is 1. The van der Waals surface area contributed by atoms with Crippen molar-refractivity contribution in [2.24, 2.45) is 0 Å². The second-order valence-electron chi connectivity index (χ2n) is 3.42. The number of benzene rings is 1. The third-order valence-corrected chi connectivity index (χ3v) is 2.12. The fraction of sp³-hybridized carbons (Fsp3) is 0.364. The number of carbonyl (C=O) groups is 1. The molecular weight excluding hydrogens is 226 g/mol. The smallest absolute Gasteiger partial charge is 0.283 e. The number of Topliss-reactive ketones (excluding diaryl/α,β-unsaturated/α-hetero) is 1. The van der Waals surface area contributed by atoms with Crippen molar-refractivity contribution in [1.29, 1.82) is 0 Å². The molecule has 0 heterocycles. The van der Waals surface area contributed by atoms with Crippen molar-refractivity contribution in [3.8, 4) is 5.75 Å². The summed E-state index contributed by atoms with van der Waals surface area (Å²) >= 11 is 0. The third-order valence-electron chi connectivity index (χ3n) is 2.12. The number of nitro benzene ring substituents is 1.